The molecule has 1 aromatic heterocycles. The fourth-order valence-electron chi connectivity index (χ4n) is 2.86. The summed E-state index contributed by atoms with van der Waals surface area (Å²) in [6.45, 7) is 5.78. The zero-order valence-electron chi connectivity index (χ0n) is 15.1. The molecule has 0 bridgehead atoms. The Morgan fingerprint density at radius 2 is 1.52 bits per heavy atom. The minimum absolute atomic E-state index is 0.744. The average Bonchev–Trinajstić information content (AvgIpc) is 2.64. The van der Waals surface area contributed by atoms with E-state index in [0.717, 1.165) is 36.2 Å². The molecule has 2 aromatic carbocycles. The largest absolute Gasteiger partial charge is 0.339 e. The van der Waals surface area contributed by atoms with Crippen LogP contribution in [0.5, 0.6) is 0 Å². The van der Waals surface area contributed by atoms with Crippen molar-refractivity contribution in [3.63, 3.8) is 0 Å². The molecule has 4 heteroatoms. The van der Waals surface area contributed by atoms with Crippen molar-refractivity contribution in [2.45, 2.75) is 20.4 Å². The lowest BCUT2D eigenvalue weighted by Crippen LogP contribution is -2.23. The lowest BCUT2D eigenvalue weighted by Gasteiger charge is -2.25. The van der Waals surface area contributed by atoms with Crippen molar-refractivity contribution in [1.82, 2.24) is 9.97 Å². The minimum Gasteiger partial charge on any atom is -0.339 e. The highest BCUT2D eigenvalue weighted by atomic mass is 15.3. The molecule has 3 aromatic rings. The Hall–Kier alpha value is -2.88. The summed E-state index contributed by atoms with van der Waals surface area (Å²) in [4.78, 5) is 13.7. The van der Waals surface area contributed by atoms with E-state index in [1.54, 1.807) is 0 Å². The molecule has 0 aliphatic carbocycles. The molecule has 0 aliphatic rings. The van der Waals surface area contributed by atoms with Gasteiger partial charge < -0.3 is 9.80 Å². The van der Waals surface area contributed by atoms with Gasteiger partial charge in [-0.05, 0) is 31.5 Å². The van der Waals surface area contributed by atoms with Crippen LogP contribution < -0.4 is 9.80 Å². The van der Waals surface area contributed by atoms with Gasteiger partial charge in [-0.2, -0.15) is 4.98 Å². The van der Waals surface area contributed by atoms with Gasteiger partial charge in [-0.15, -0.1) is 0 Å². The highest BCUT2D eigenvalue weighted by Crippen LogP contribution is 2.25. The van der Waals surface area contributed by atoms with Gasteiger partial charge in [0.15, 0.2) is 0 Å². The van der Waals surface area contributed by atoms with Gasteiger partial charge in [0.25, 0.3) is 0 Å². The zero-order chi connectivity index (χ0) is 17.6. The molecule has 0 spiro atoms. The van der Waals surface area contributed by atoms with Gasteiger partial charge in [0.05, 0.1) is 0 Å². The number of nitrogens with zero attached hydrogens (tertiary/aromatic N) is 4. The minimum atomic E-state index is 0.744. The standard InChI is InChI=1S/C21H24N4/c1-4-25(19-13-9-6-10-14-19)20-15-17(2)22-21(23-20)24(3)16-18-11-7-5-8-12-18/h5-15H,4,16H2,1-3H3. The summed E-state index contributed by atoms with van der Waals surface area (Å²) in [6, 6.07) is 22.8. The third-order valence-electron chi connectivity index (χ3n) is 4.09. The first-order valence-electron chi connectivity index (χ1n) is 8.60. The van der Waals surface area contributed by atoms with Gasteiger partial charge in [0, 0.05) is 37.6 Å². The summed E-state index contributed by atoms with van der Waals surface area (Å²) in [5.74, 6) is 1.67. The van der Waals surface area contributed by atoms with Gasteiger partial charge in [0.1, 0.15) is 5.82 Å². The molecule has 3 rings (SSSR count). The van der Waals surface area contributed by atoms with E-state index in [1.165, 1.54) is 5.56 Å². The van der Waals surface area contributed by atoms with Crippen LogP contribution in [0.3, 0.4) is 0 Å². The van der Waals surface area contributed by atoms with Crippen LogP contribution in [-0.2, 0) is 6.54 Å². The first-order chi connectivity index (χ1) is 12.2. The van der Waals surface area contributed by atoms with Crippen LogP contribution in [0.2, 0.25) is 0 Å². The third kappa shape index (κ3) is 4.15. The van der Waals surface area contributed by atoms with Crippen LogP contribution in [0.4, 0.5) is 17.5 Å². The molecule has 0 saturated heterocycles. The normalized spacial score (nSPS) is 10.5. The lowest BCUT2D eigenvalue weighted by atomic mass is 10.2. The lowest BCUT2D eigenvalue weighted by molar-refractivity contribution is 0.850. The molecule has 0 fully saturated rings. The predicted octanol–water partition coefficient (Wildman–Crippen LogP) is 4.58. The Labute approximate surface area is 149 Å². The van der Waals surface area contributed by atoms with E-state index in [2.05, 4.69) is 70.2 Å². The fraction of sp³-hybridized carbons (Fsp3) is 0.238. The SMILES string of the molecule is CCN(c1ccccc1)c1cc(C)nc(N(C)Cc2ccccc2)n1. The molecular formula is C21H24N4. The maximum Gasteiger partial charge on any atom is 0.227 e. The summed E-state index contributed by atoms with van der Waals surface area (Å²) in [6.07, 6.45) is 0. The monoisotopic (exact) mass is 332 g/mol. The highest BCUT2D eigenvalue weighted by molar-refractivity contribution is 5.61. The molecule has 0 radical (unpaired) electrons. The third-order valence-corrected chi connectivity index (χ3v) is 4.09. The first-order valence-corrected chi connectivity index (χ1v) is 8.60. The Morgan fingerprint density at radius 3 is 2.16 bits per heavy atom. The van der Waals surface area contributed by atoms with Crippen LogP contribution in [0.1, 0.15) is 18.2 Å². The number of hydrogen-bond acceptors (Lipinski definition) is 4. The van der Waals surface area contributed by atoms with E-state index < -0.39 is 0 Å². The molecule has 25 heavy (non-hydrogen) atoms. The Bertz CT molecular complexity index is 803. The molecule has 0 N–H and O–H groups in total. The Balaban J connectivity index is 1.89. The van der Waals surface area contributed by atoms with Gasteiger partial charge in [-0.25, -0.2) is 4.98 Å². The van der Waals surface area contributed by atoms with Crippen molar-refractivity contribution in [2.75, 3.05) is 23.4 Å². The van der Waals surface area contributed by atoms with Crippen molar-refractivity contribution in [3.8, 4) is 0 Å². The molecule has 0 amide bonds. The first kappa shape index (κ1) is 17.0. The quantitative estimate of drug-likeness (QED) is 0.661. The van der Waals surface area contributed by atoms with E-state index in [0.29, 0.717) is 0 Å². The van der Waals surface area contributed by atoms with Gasteiger partial charge in [-0.1, -0.05) is 48.5 Å². The maximum absolute atomic E-state index is 4.82. The number of hydrogen-bond donors (Lipinski definition) is 0. The van der Waals surface area contributed by atoms with E-state index >= 15 is 0 Å². The number of rotatable bonds is 6. The van der Waals surface area contributed by atoms with Crippen LogP contribution >= 0.6 is 0 Å². The predicted molar refractivity (Wildman–Crippen MR) is 104 cm³/mol. The second-order valence-electron chi connectivity index (χ2n) is 6.09. The molecular weight excluding hydrogens is 308 g/mol. The van der Waals surface area contributed by atoms with Gasteiger partial charge in [-0.3, -0.25) is 0 Å². The van der Waals surface area contributed by atoms with Gasteiger partial charge in [0.2, 0.25) is 5.95 Å². The van der Waals surface area contributed by atoms with Crippen molar-refractivity contribution in [2.24, 2.45) is 0 Å². The van der Waals surface area contributed by atoms with Crippen molar-refractivity contribution < 1.29 is 0 Å². The summed E-state index contributed by atoms with van der Waals surface area (Å²) >= 11 is 0. The molecule has 0 saturated carbocycles. The van der Waals surface area contributed by atoms with E-state index in [9.17, 15) is 0 Å². The number of benzene rings is 2. The summed E-state index contributed by atoms with van der Waals surface area (Å²) in [7, 11) is 2.03. The van der Waals surface area contributed by atoms with Crippen molar-refractivity contribution >= 4 is 17.5 Å². The zero-order valence-corrected chi connectivity index (χ0v) is 15.1. The van der Waals surface area contributed by atoms with Crippen LogP contribution in [0.15, 0.2) is 66.7 Å². The second-order valence-corrected chi connectivity index (χ2v) is 6.09. The average molecular weight is 332 g/mol. The van der Waals surface area contributed by atoms with Crippen LogP contribution in [0, 0.1) is 6.92 Å². The second kappa shape index (κ2) is 7.79. The molecule has 0 atom stereocenters. The van der Waals surface area contributed by atoms with E-state index in [-0.39, 0.29) is 0 Å². The summed E-state index contributed by atoms with van der Waals surface area (Å²) < 4.78 is 0. The molecule has 0 aliphatic heterocycles. The molecule has 128 valence electrons. The van der Waals surface area contributed by atoms with Crippen LogP contribution in [-0.4, -0.2) is 23.6 Å². The van der Waals surface area contributed by atoms with E-state index in [4.69, 9.17) is 4.98 Å². The van der Waals surface area contributed by atoms with Crippen LogP contribution in [0.25, 0.3) is 0 Å². The van der Waals surface area contributed by atoms with E-state index in [1.807, 2.05) is 32.2 Å². The van der Waals surface area contributed by atoms with Crippen molar-refractivity contribution in [3.05, 3.63) is 78.0 Å². The Kier molecular flexibility index (Phi) is 5.29. The number of aryl methyl sites for hydroxylation is 1. The van der Waals surface area contributed by atoms with Gasteiger partial charge >= 0.3 is 0 Å². The fourth-order valence-corrected chi connectivity index (χ4v) is 2.86. The Morgan fingerprint density at radius 1 is 0.880 bits per heavy atom. The maximum atomic E-state index is 4.82. The summed E-state index contributed by atoms with van der Waals surface area (Å²) in [5, 5.41) is 0. The molecule has 0 unspecified atom stereocenters. The van der Waals surface area contributed by atoms with Crippen molar-refractivity contribution in [1.29, 1.82) is 0 Å². The smallest absolute Gasteiger partial charge is 0.227 e. The number of aromatic nitrogens is 2. The number of anilines is 3. The number of para-hydroxylation sites is 1. The summed E-state index contributed by atoms with van der Waals surface area (Å²) in [5.41, 5.74) is 3.35. The molecule has 4 nitrogen and oxygen atoms in total. The highest BCUT2D eigenvalue weighted by Gasteiger charge is 2.13. The topological polar surface area (TPSA) is 32.3 Å². The molecule has 1 heterocycles.